The number of rotatable bonds is 5. The first-order chi connectivity index (χ1) is 25.3. The monoisotopic (exact) mass is 653 g/mol. The van der Waals surface area contributed by atoms with Gasteiger partial charge in [0, 0.05) is 34.8 Å². The first-order valence-corrected chi connectivity index (χ1v) is 18.4. The quantitative estimate of drug-likeness (QED) is 0.182. The highest BCUT2D eigenvalue weighted by Gasteiger charge is 2.57. The van der Waals surface area contributed by atoms with Crippen molar-refractivity contribution < 1.29 is 0 Å². The lowest BCUT2D eigenvalue weighted by molar-refractivity contribution is 0.427. The second-order valence-corrected chi connectivity index (χ2v) is 14.3. The molecule has 0 aromatic heterocycles. The van der Waals surface area contributed by atoms with Gasteiger partial charge in [-0.3, -0.25) is 0 Å². The largest absolute Gasteiger partial charge is 0.310 e. The van der Waals surface area contributed by atoms with Gasteiger partial charge in [0.1, 0.15) is 0 Å². The van der Waals surface area contributed by atoms with Crippen molar-refractivity contribution in [1.82, 2.24) is 0 Å². The summed E-state index contributed by atoms with van der Waals surface area (Å²) in [6.07, 6.45) is 29.6. The Labute approximate surface area is 301 Å². The van der Waals surface area contributed by atoms with Gasteiger partial charge in [-0.1, -0.05) is 158 Å². The third-order valence-corrected chi connectivity index (χ3v) is 11.8. The smallest absolute Gasteiger partial charge is 0.0504 e. The van der Waals surface area contributed by atoms with Crippen LogP contribution in [0.25, 0.3) is 22.3 Å². The molecule has 0 saturated heterocycles. The summed E-state index contributed by atoms with van der Waals surface area (Å²) in [5, 5.41) is 0. The van der Waals surface area contributed by atoms with Gasteiger partial charge in [-0.2, -0.15) is 0 Å². The lowest BCUT2D eigenvalue weighted by Crippen LogP contribution is -2.35. The maximum atomic E-state index is 2.53. The van der Waals surface area contributed by atoms with E-state index in [0.717, 1.165) is 24.2 Å². The molecule has 4 atom stereocenters. The molecule has 10 rings (SSSR count). The summed E-state index contributed by atoms with van der Waals surface area (Å²) in [6.45, 7) is 0. The van der Waals surface area contributed by atoms with Crippen LogP contribution in [0.1, 0.15) is 35.4 Å². The van der Waals surface area contributed by atoms with E-state index < -0.39 is 0 Å². The molecule has 51 heavy (non-hydrogen) atoms. The van der Waals surface area contributed by atoms with Gasteiger partial charge in [0.2, 0.25) is 0 Å². The van der Waals surface area contributed by atoms with Crippen molar-refractivity contribution >= 4 is 17.1 Å². The average Bonchev–Trinajstić information content (AvgIpc) is 3.50. The summed E-state index contributed by atoms with van der Waals surface area (Å²) >= 11 is 0. The molecule has 0 heterocycles. The molecule has 0 saturated carbocycles. The van der Waals surface area contributed by atoms with E-state index in [2.05, 4.69) is 199 Å². The number of hydrogen-bond acceptors (Lipinski definition) is 1. The standard InChI is InChI=1S/C50H39N/c1-4-14-35(15-5-1)37-24-28-39(29-25-37)51(40-30-26-38(27-31-40)36-16-6-2-7-17-36)41-32-33-45-44-20-11-13-23-48(44)50(49(45)34-41)46-21-9-3-8-18-42(46)43-19-10-12-22-47(43)50/h1-16,18-20,22-34,36,43,47H,17,21H2. The Morgan fingerprint density at radius 2 is 1.22 bits per heavy atom. The molecule has 0 radical (unpaired) electrons. The van der Waals surface area contributed by atoms with Crippen LogP contribution in [0.4, 0.5) is 17.1 Å². The number of hydrogen-bond donors (Lipinski definition) is 0. The van der Waals surface area contributed by atoms with Crippen LogP contribution in [0.15, 0.2) is 205 Å². The van der Waals surface area contributed by atoms with Gasteiger partial charge in [0.25, 0.3) is 0 Å². The minimum Gasteiger partial charge on any atom is -0.310 e. The normalized spacial score (nSPS) is 23.3. The predicted octanol–water partition coefficient (Wildman–Crippen LogP) is 12.9. The first kappa shape index (κ1) is 29.9. The lowest BCUT2D eigenvalue weighted by Gasteiger charge is -2.38. The molecule has 4 unspecified atom stereocenters. The summed E-state index contributed by atoms with van der Waals surface area (Å²) in [7, 11) is 0. The van der Waals surface area contributed by atoms with Crippen LogP contribution >= 0.6 is 0 Å². The zero-order valence-corrected chi connectivity index (χ0v) is 28.6. The van der Waals surface area contributed by atoms with Crippen LogP contribution in [0.5, 0.6) is 0 Å². The maximum absolute atomic E-state index is 2.53. The van der Waals surface area contributed by atoms with Crippen LogP contribution in [0.3, 0.4) is 0 Å². The molecule has 1 spiro atoms. The van der Waals surface area contributed by atoms with E-state index in [1.165, 1.54) is 50.2 Å². The zero-order chi connectivity index (χ0) is 33.8. The maximum Gasteiger partial charge on any atom is 0.0504 e. The first-order valence-electron chi connectivity index (χ1n) is 18.4. The molecule has 0 amide bonds. The number of nitrogens with zero attached hydrogens (tertiary/aromatic N) is 1. The minimum atomic E-state index is -0.240. The summed E-state index contributed by atoms with van der Waals surface area (Å²) in [5.41, 5.74) is 15.7. The second-order valence-electron chi connectivity index (χ2n) is 14.3. The number of anilines is 3. The Morgan fingerprint density at radius 3 is 2.04 bits per heavy atom. The third-order valence-electron chi connectivity index (χ3n) is 11.8. The average molecular weight is 654 g/mol. The molecule has 0 bridgehead atoms. The number of fused-ring (bicyclic) bond motifs is 9. The van der Waals surface area contributed by atoms with Crippen molar-refractivity contribution in [1.29, 1.82) is 0 Å². The van der Waals surface area contributed by atoms with Crippen LogP contribution in [-0.4, -0.2) is 0 Å². The molecule has 5 aromatic rings. The Kier molecular flexibility index (Phi) is 7.13. The van der Waals surface area contributed by atoms with E-state index in [-0.39, 0.29) is 5.41 Å². The van der Waals surface area contributed by atoms with Crippen molar-refractivity contribution in [2.24, 2.45) is 11.8 Å². The highest BCUT2D eigenvalue weighted by atomic mass is 15.1. The molecular formula is C50H39N. The highest BCUT2D eigenvalue weighted by Crippen LogP contribution is 2.66. The zero-order valence-electron chi connectivity index (χ0n) is 28.6. The Hall–Kier alpha value is -5.92. The fraction of sp³-hybridized carbons (Fsp3) is 0.120. The molecule has 0 fully saturated rings. The lowest BCUT2D eigenvalue weighted by atomic mass is 9.63. The molecular weight excluding hydrogens is 615 g/mol. The van der Waals surface area contributed by atoms with Crippen molar-refractivity contribution in [2.45, 2.75) is 24.2 Å². The van der Waals surface area contributed by atoms with Crippen molar-refractivity contribution in [3.8, 4) is 22.3 Å². The van der Waals surface area contributed by atoms with Gasteiger partial charge in [-0.05, 0) is 99.3 Å². The minimum absolute atomic E-state index is 0.240. The van der Waals surface area contributed by atoms with Gasteiger partial charge in [-0.15, -0.1) is 0 Å². The van der Waals surface area contributed by atoms with Crippen LogP contribution in [0.2, 0.25) is 0 Å². The summed E-state index contributed by atoms with van der Waals surface area (Å²) in [6, 6.07) is 45.5. The molecule has 1 nitrogen and oxygen atoms in total. The summed E-state index contributed by atoms with van der Waals surface area (Å²) in [5.74, 6) is 1.08. The van der Waals surface area contributed by atoms with Crippen molar-refractivity contribution in [2.75, 3.05) is 4.90 Å². The van der Waals surface area contributed by atoms with Gasteiger partial charge in [-0.25, -0.2) is 0 Å². The highest BCUT2D eigenvalue weighted by molar-refractivity contribution is 5.89. The van der Waals surface area contributed by atoms with Crippen LogP contribution in [0, 0.1) is 11.8 Å². The molecule has 5 aliphatic rings. The van der Waals surface area contributed by atoms with Gasteiger partial charge < -0.3 is 4.90 Å². The second kappa shape index (κ2) is 12.1. The van der Waals surface area contributed by atoms with E-state index in [1.807, 2.05) is 0 Å². The Bertz CT molecular complexity index is 2360. The Morgan fingerprint density at radius 1 is 0.529 bits per heavy atom. The fourth-order valence-corrected chi connectivity index (χ4v) is 9.56. The third kappa shape index (κ3) is 4.68. The number of benzene rings is 5. The van der Waals surface area contributed by atoms with E-state index in [4.69, 9.17) is 0 Å². The molecule has 244 valence electrons. The van der Waals surface area contributed by atoms with E-state index >= 15 is 0 Å². The topological polar surface area (TPSA) is 3.24 Å². The van der Waals surface area contributed by atoms with E-state index in [0.29, 0.717) is 17.8 Å². The van der Waals surface area contributed by atoms with Crippen molar-refractivity contribution in [3.63, 3.8) is 0 Å². The summed E-state index contributed by atoms with van der Waals surface area (Å²) in [4.78, 5) is 2.46. The summed E-state index contributed by atoms with van der Waals surface area (Å²) < 4.78 is 0. The van der Waals surface area contributed by atoms with Crippen molar-refractivity contribution in [3.05, 3.63) is 222 Å². The Balaban J connectivity index is 1.16. The van der Waals surface area contributed by atoms with Crippen LogP contribution < -0.4 is 4.90 Å². The molecule has 0 aliphatic heterocycles. The van der Waals surface area contributed by atoms with Gasteiger partial charge in [0.05, 0.1) is 5.41 Å². The van der Waals surface area contributed by atoms with Gasteiger partial charge >= 0.3 is 0 Å². The predicted molar refractivity (Wildman–Crippen MR) is 214 cm³/mol. The molecule has 1 heteroatoms. The van der Waals surface area contributed by atoms with Crippen LogP contribution in [-0.2, 0) is 5.41 Å². The van der Waals surface area contributed by atoms with E-state index in [1.54, 1.807) is 5.57 Å². The van der Waals surface area contributed by atoms with E-state index in [9.17, 15) is 0 Å². The van der Waals surface area contributed by atoms with Gasteiger partial charge in [0.15, 0.2) is 0 Å². The number of allylic oxidation sites excluding steroid dienone is 14. The SMILES string of the molecule is C1=CCC2=C(C=C1)C1C=CC=CC1C21c2ccccc2-c2ccc(N(c3ccc(-c4ccccc4)cc3)c3ccc(C4C=CC=CC4)cc3)cc21. The molecule has 5 aliphatic carbocycles. The molecule has 0 N–H and O–H groups in total. The molecule has 5 aromatic carbocycles. The fourth-order valence-electron chi connectivity index (χ4n) is 9.56.